The van der Waals surface area contributed by atoms with Gasteiger partial charge >= 0.3 is 6.36 Å². The van der Waals surface area contributed by atoms with Crippen molar-refractivity contribution < 1.29 is 35.9 Å². The zero-order valence-electron chi connectivity index (χ0n) is 17.2. The van der Waals surface area contributed by atoms with Crippen LogP contribution in [0.1, 0.15) is 15.9 Å². The summed E-state index contributed by atoms with van der Waals surface area (Å²) in [6.45, 7) is 0.199. The van der Waals surface area contributed by atoms with Crippen molar-refractivity contribution in [1.82, 2.24) is 5.32 Å². The minimum absolute atomic E-state index is 0.0142. The molecular formula is C22H19F3N2O5S. The average Bonchev–Trinajstić information content (AvgIpc) is 2.77. The number of halogens is 3. The SMILES string of the molecule is COc1ccc(CNC(=O)c2ccccc2NS(=O)(=O)c2ccc(OC(F)(F)F)cc2)cc1. The molecule has 0 aromatic heterocycles. The van der Waals surface area contributed by atoms with Crippen molar-refractivity contribution in [1.29, 1.82) is 0 Å². The molecule has 3 aromatic rings. The first-order valence-electron chi connectivity index (χ1n) is 9.46. The Hall–Kier alpha value is -3.73. The zero-order valence-corrected chi connectivity index (χ0v) is 18.0. The van der Waals surface area contributed by atoms with Crippen molar-refractivity contribution in [2.45, 2.75) is 17.8 Å². The van der Waals surface area contributed by atoms with Crippen molar-refractivity contribution in [2.75, 3.05) is 11.8 Å². The van der Waals surface area contributed by atoms with Crippen LogP contribution in [0, 0.1) is 0 Å². The molecule has 11 heteroatoms. The van der Waals surface area contributed by atoms with E-state index in [2.05, 4.69) is 14.8 Å². The van der Waals surface area contributed by atoms with Gasteiger partial charge in [-0.25, -0.2) is 8.42 Å². The first-order valence-corrected chi connectivity index (χ1v) is 10.9. The number of amides is 1. The van der Waals surface area contributed by atoms with E-state index < -0.39 is 28.0 Å². The zero-order chi connectivity index (χ0) is 24.1. The predicted molar refractivity (Wildman–Crippen MR) is 115 cm³/mol. The van der Waals surface area contributed by atoms with Gasteiger partial charge in [0, 0.05) is 6.54 Å². The summed E-state index contributed by atoms with van der Waals surface area (Å²) in [5, 5.41) is 2.71. The van der Waals surface area contributed by atoms with Crippen molar-refractivity contribution in [2.24, 2.45) is 0 Å². The standard InChI is InChI=1S/C22H19F3N2O5S/c1-31-16-8-6-15(7-9-16)14-26-21(28)19-4-2-3-5-20(19)27-33(29,30)18-12-10-17(11-13-18)32-22(23,24)25/h2-13,27H,14H2,1H3,(H,26,28). The van der Waals surface area contributed by atoms with Crippen LogP contribution >= 0.6 is 0 Å². The number of rotatable bonds is 8. The maximum absolute atomic E-state index is 12.7. The Morgan fingerprint density at radius 2 is 1.52 bits per heavy atom. The van der Waals surface area contributed by atoms with E-state index in [1.54, 1.807) is 43.5 Å². The molecule has 0 aliphatic carbocycles. The molecule has 3 rings (SSSR count). The largest absolute Gasteiger partial charge is 0.573 e. The van der Waals surface area contributed by atoms with Crippen molar-refractivity contribution in [3.05, 3.63) is 83.9 Å². The lowest BCUT2D eigenvalue weighted by atomic mass is 10.1. The van der Waals surface area contributed by atoms with Gasteiger partial charge in [0.15, 0.2) is 0 Å². The summed E-state index contributed by atoms with van der Waals surface area (Å²) in [6.07, 6.45) is -4.89. The van der Waals surface area contributed by atoms with Gasteiger partial charge in [-0.3, -0.25) is 9.52 Å². The molecule has 1 amide bonds. The third-order valence-electron chi connectivity index (χ3n) is 4.40. The number of para-hydroxylation sites is 1. The number of carbonyl (C=O) groups is 1. The highest BCUT2D eigenvalue weighted by atomic mass is 32.2. The van der Waals surface area contributed by atoms with E-state index in [-0.39, 0.29) is 22.7 Å². The summed E-state index contributed by atoms with van der Waals surface area (Å²) >= 11 is 0. The molecule has 0 radical (unpaired) electrons. The molecule has 0 saturated carbocycles. The van der Waals surface area contributed by atoms with Gasteiger partial charge in [-0.1, -0.05) is 24.3 Å². The quantitative estimate of drug-likeness (QED) is 0.501. The van der Waals surface area contributed by atoms with Crippen LogP contribution in [-0.4, -0.2) is 27.8 Å². The number of nitrogens with one attached hydrogen (secondary N) is 2. The normalized spacial score (nSPS) is 11.5. The van der Waals surface area contributed by atoms with Gasteiger partial charge in [0.1, 0.15) is 11.5 Å². The first-order chi connectivity index (χ1) is 15.6. The van der Waals surface area contributed by atoms with Crippen molar-refractivity contribution in [3.8, 4) is 11.5 Å². The first kappa shape index (κ1) is 23.9. The maximum Gasteiger partial charge on any atom is 0.573 e. The predicted octanol–water partition coefficient (Wildman–Crippen LogP) is 4.32. The lowest BCUT2D eigenvalue weighted by molar-refractivity contribution is -0.274. The summed E-state index contributed by atoms with van der Waals surface area (Å²) in [4.78, 5) is 12.4. The van der Waals surface area contributed by atoms with Crippen LogP contribution < -0.4 is 19.5 Å². The van der Waals surface area contributed by atoms with Crippen molar-refractivity contribution >= 4 is 21.6 Å². The highest BCUT2D eigenvalue weighted by Crippen LogP contribution is 2.25. The van der Waals surface area contributed by atoms with Gasteiger partial charge in [0.2, 0.25) is 0 Å². The number of benzene rings is 3. The van der Waals surface area contributed by atoms with Crippen LogP contribution in [-0.2, 0) is 16.6 Å². The second-order valence-corrected chi connectivity index (χ2v) is 8.38. The fraction of sp³-hybridized carbons (Fsp3) is 0.136. The Kier molecular flexibility index (Phi) is 7.12. The molecule has 2 N–H and O–H groups in total. The van der Waals surface area contributed by atoms with E-state index >= 15 is 0 Å². The van der Waals surface area contributed by atoms with Crippen molar-refractivity contribution in [3.63, 3.8) is 0 Å². The highest BCUT2D eigenvalue weighted by Gasteiger charge is 2.31. The fourth-order valence-corrected chi connectivity index (χ4v) is 3.89. The summed E-state index contributed by atoms with van der Waals surface area (Å²) in [6, 6.07) is 16.7. The Bertz CT molecular complexity index is 1210. The summed E-state index contributed by atoms with van der Waals surface area (Å²) in [5.74, 6) is -0.402. The van der Waals surface area contributed by atoms with Crippen LogP contribution in [0.3, 0.4) is 0 Å². The maximum atomic E-state index is 12.7. The number of carbonyl (C=O) groups excluding carboxylic acids is 1. The van der Waals surface area contributed by atoms with Crippen LogP contribution in [0.25, 0.3) is 0 Å². The number of alkyl halides is 3. The Balaban J connectivity index is 1.73. The molecule has 0 saturated heterocycles. The van der Waals surface area contributed by atoms with Crippen LogP contribution in [0.5, 0.6) is 11.5 Å². The summed E-state index contributed by atoms with van der Waals surface area (Å²) < 4.78 is 73.4. The molecule has 0 spiro atoms. The van der Waals surface area contributed by atoms with E-state index in [1.807, 2.05) is 0 Å². The Morgan fingerprint density at radius 3 is 2.12 bits per heavy atom. The number of anilines is 1. The smallest absolute Gasteiger partial charge is 0.497 e. The molecule has 0 aliphatic heterocycles. The van der Waals surface area contributed by atoms with E-state index in [0.717, 1.165) is 29.8 Å². The van der Waals surface area contributed by atoms with Gasteiger partial charge in [0.25, 0.3) is 15.9 Å². The Morgan fingerprint density at radius 1 is 0.909 bits per heavy atom. The highest BCUT2D eigenvalue weighted by molar-refractivity contribution is 7.92. The molecule has 0 atom stereocenters. The molecule has 0 bridgehead atoms. The second-order valence-electron chi connectivity index (χ2n) is 6.70. The molecule has 3 aromatic carbocycles. The van der Waals surface area contributed by atoms with Gasteiger partial charge < -0.3 is 14.8 Å². The van der Waals surface area contributed by atoms with Gasteiger partial charge in [-0.05, 0) is 54.1 Å². The minimum atomic E-state index is -4.89. The molecule has 0 fully saturated rings. The summed E-state index contributed by atoms with van der Waals surface area (Å²) in [7, 11) is -2.64. The number of methoxy groups -OCH3 is 1. The van der Waals surface area contributed by atoms with Gasteiger partial charge in [-0.15, -0.1) is 13.2 Å². The van der Waals surface area contributed by atoms with E-state index in [1.165, 1.54) is 12.1 Å². The van der Waals surface area contributed by atoms with E-state index in [0.29, 0.717) is 5.75 Å². The third-order valence-corrected chi connectivity index (χ3v) is 5.78. The average molecular weight is 480 g/mol. The molecule has 174 valence electrons. The van der Waals surface area contributed by atoms with Gasteiger partial charge in [0.05, 0.1) is 23.3 Å². The Labute approximate surface area is 188 Å². The number of hydrogen-bond donors (Lipinski definition) is 2. The third kappa shape index (κ3) is 6.62. The minimum Gasteiger partial charge on any atom is -0.497 e. The lowest BCUT2D eigenvalue weighted by Gasteiger charge is -2.14. The number of sulfonamides is 1. The number of ether oxygens (including phenoxy) is 2. The van der Waals surface area contributed by atoms with Gasteiger partial charge in [-0.2, -0.15) is 0 Å². The second kappa shape index (κ2) is 9.82. The topological polar surface area (TPSA) is 93.7 Å². The molecule has 0 aliphatic rings. The van der Waals surface area contributed by atoms with Crippen LogP contribution in [0.15, 0.2) is 77.7 Å². The van der Waals surface area contributed by atoms with Crippen LogP contribution in [0.2, 0.25) is 0 Å². The monoisotopic (exact) mass is 480 g/mol. The molecule has 0 unspecified atom stereocenters. The molecule has 33 heavy (non-hydrogen) atoms. The molecule has 0 heterocycles. The van der Waals surface area contributed by atoms with E-state index in [9.17, 15) is 26.4 Å². The molecule has 7 nitrogen and oxygen atoms in total. The van der Waals surface area contributed by atoms with Crippen LogP contribution in [0.4, 0.5) is 18.9 Å². The molecular weight excluding hydrogens is 461 g/mol. The fourth-order valence-electron chi connectivity index (χ4n) is 2.82. The number of hydrogen-bond acceptors (Lipinski definition) is 5. The van der Waals surface area contributed by atoms with E-state index in [4.69, 9.17) is 4.74 Å². The lowest BCUT2D eigenvalue weighted by Crippen LogP contribution is -2.25. The summed E-state index contributed by atoms with van der Waals surface area (Å²) in [5.41, 5.74) is 0.898.